The summed E-state index contributed by atoms with van der Waals surface area (Å²) >= 11 is 0. The van der Waals surface area contributed by atoms with Gasteiger partial charge in [-0.2, -0.15) is 0 Å². The van der Waals surface area contributed by atoms with Crippen molar-refractivity contribution in [1.82, 2.24) is 4.90 Å². The fourth-order valence-electron chi connectivity index (χ4n) is 2.49. The van der Waals surface area contributed by atoms with Crippen molar-refractivity contribution in [3.63, 3.8) is 0 Å². The lowest BCUT2D eigenvalue weighted by Gasteiger charge is -2.37. The van der Waals surface area contributed by atoms with Crippen molar-refractivity contribution in [1.29, 1.82) is 0 Å². The molecule has 0 saturated carbocycles. The predicted octanol–water partition coefficient (Wildman–Crippen LogP) is 5.10. The fourth-order valence-corrected chi connectivity index (χ4v) is 2.49. The van der Waals surface area contributed by atoms with Gasteiger partial charge in [-0.25, -0.2) is 0 Å². The lowest BCUT2D eigenvalue weighted by Crippen LogP contribution is -2.41. The van der Waals surface area contributed by atoms with Crippen LogP contribution in [0.5, 0.6) is 0 Å². The molecule has 1 heterocycles. The molecule has 0 aromatic heterocycles. The minimum absolute atomic E-state index is 0.882. The summed E-state index contributed by atoms with van der Waals surface area (Å²) in [4.78, 5) is 2.75. The molecular weight excluding hydrogens is 206 g/mol. The predicted molar refractivity (Wildman–Crippen MR) is 79.5 cm³/mol. The maximum atomic E-state index is 2.75. The van der Waals surface area contributed by atoms with Crippen LogP contribution in [0.25, 0.3) is 0 Å². The van der Waals surface area contributed by atoms with Crippen molar-refractivity contribution >= 4 is 0 Å². The molecule has 0 aromatic rings. The number of rotatable bonds is 5. The zero-order chi connectivity index (χ0) is 13.1. The van der Waals surface area contributed by atoms with Crippen molar-refractivity contribution in [2.75, 3.05) is 13.1 Å². The van der Waals surface area contributed by atoms with Crippen LogP contribution >= 0.6 is 0 Å². The fraction of sp³-hybridized carbons (Fsp3) is 1.00. The van der Waals surface area contributed by atoms with Crippen LogP contribution in [0.15, 0.2) is 0 Å². The Bertz CT molecular complexity index is 154. The number of piperidine rings is 1. The minimum Gasteiger partial charge on any atom is -0.300 e. The van der Waals surface area contributed by atoms with Crippen molar-refractivity contribution in [2.24, 2.45) is 5.92 Å². The third kappa shape index (κ3) is 7.81. The van der Waals surface area contributed by atoms with Crippen LogP contribution in [0.1, 0.15) is 79.6 Å². The van der Waals surface area contributed by atoms with E-state index in [1.807, 2.05) is 0 Å². The zero-order valence-corrected chi connectivity index (χ0v) is 13.0. The molecule has 104 valence electrons. The second kappa shape index (κ2) is 11.1. The molecule has 0 aliphatic carbocycles. The largest absolute Gasteiger partial charge is 0.300 e. The standard InChI is InChI=1S/C13H27N.C3H8/c1-4-8-13-9-6-7-10-14(13)11-12(3)5-2;1-3-2/h12-13H,4-11H2,1-3H3;3H2,1-2H3. The van der Waals surface area contributed by atoms with E-state index in [1.54, 1.807) is 0 Å². The monoisotopic (exact) mass is 241 g/mol. The molecule has 2 atom stereocenters. The average molecular weight is 241 g/mol. The van der Waals surface area contributed by atoms with Gasteiger partial charge in [-0.15, -0.1) is 0 Å². The molecule has 1 heteroatoms. The molecule has 0 bridgehead atoms. The molecule has 1 rings (SSSR count). The van der Waals surface area contributed by atoms with E-state index in [0.717, 1.165) is 12.0 Å². The minimum atomic E-state index is 0.882. The Hall–Kier alpha value is -0.0400. The summed E-state index contributed by atoms with van der Waals surface area (Å²) in [6, 6.07) is 0.905. The lowest BCUT2D eigenvalue weighted by atomic mass is 9.96. The number of nitrogens with zero attached hydrogens (tertiary/aromatic N) is 1. The van der Waals surface area contributed by atoms with Crippen molar-refractivity contribution in [3.05, 3.63) is 0 Å². The van der Waals surface area contributed by atoms with Crippen LogP contribution in [0.3, 0.4) is 0 Å². The van der Waals surface area contributed by atoms with Crippen LogP contribution in [0.2, 0.25) is 0 Å². The smallest absolute Gasteiger partial charge is 0.00952 e. The normalized spacial score (nSPS) is 22.8. The first-order valence-electron chi connectivity index (χ1n) is 7.93. The number of likely N-dealkylation sites (tertiary alicyclic amines) is 1. The summed E-state index contributed by atoms with van der Waals surface area (Å²) in [5.41, 5.74) is 0. The van der Waals surface area contributed by atoms with E-state index in [2.05, 4.69) is 39.5 Å². The van der Waals surface area contributed by atoms with Crippen LogP contribution in [-0.2, 0) is 0 Å². The molecule has 0 amide bonds. The Morgan fingerprint density at radius 3 is 2.29 bits per heavy atom. The van der Waals surface area contributed by atoms with Crippen molar-refractivity contribution in [2.45, 2.75) is 85.6 Å². The van der Waals surface area contributed by atoms with Gasteiger partial charge in [-0.05, 0) is 31.7 Å². The molecule has 1 fully saturated rings. The highest BCUT2D eigenvalue weighted by molar-refractivity contribution is 4.77. The molecule has 0 spiro atoms. The third-order valence-electron chi connectivity index (χ3n) is 3.61. The van der Waals surface area contributed by atoms with Gasteiger partial charge in [0.1, 0.15) is 0 Å². The first-order valence-corrected chi connectivity index (χ1v) is 7.93. The summed E-state index contributed by atoms with van der Waals surface area (Å²) in [5, 5.41) is 0. The molecule has 17 heavy (non-hydrogen) atoms. The average Bonchev–Trinajstić information content (AvgIpc) is 2.33. The van der Waals surface area contributed by atoms with Gasteiger partial charge in [-0.3, -0.25) is 0 Å². The van der Waals surface area contributed by atoms with Crippen LogP contribution in [-0.4, -0.2) is 24.0 Å². The highest BCUT2D eigenvalue weighted by atomic mass is 15.2. The van der Waals surface area contributed by atoms with E-state index in [0.29, 0.717) is 0 Å². The van der Waals surface area contributed by atoms with Gasteiger partial charge in [0.2, 0.25) is 0 Å². The van der Waals surface area contributed by atoms with Crippen molar-refractivity contribution < 1.29 is 0 Å². The molecule has 1 saturated heterocycles. The van der Waals surface area contributed by atoms with Gasteiger partial charge in [0, 0.05) is 12.6 Å². The van der Waals surface area contributed by atoms with E-state index in [4.69, 9.17) is 0 Å². The molecule has 0 N–H and O–H groups in total. The van der Waals surface area contributed by atoms with Gasteiger partial charge in [-0.1, -0.05) is 60.3 Å². The van der Waals surface area contributed by atoms with Crippen LogP contribution in [0.4, 0.5) is 0 Å². The van der Waals surface area contributed by atoms with Gasteiger partial charge >= 0.3 is 0 Å². The third-order valence-corrected chi connectivity index (χ3v) is 3.61. The maximum Gasteiger partial charge on any atom is 0.00952 e. The summed E-state index contributed by atoms with van der Waals surface area (Å²) in [5.74, 6) is 0.882. The molecule has 1 aliphatic rings. The molecule has 2 unspecified atom stereocenters. The first-order chi connectivity index (χ1) is 8.19. The summed E-state index contributed by atoms with van der Waals surface area (Å²) in [6.07, 6.45) is 9.68. The quantitative estimate of drug-likeness (QED) is 0.647. The Morgan fingerprint density at radius 2 is 1.76 bits per heavy atom. The van der Waals surface area contributed by atoms with E-state index < -0.39 is 0 Å². The zero-order valence-electron chi connectivity index (χ0n) is 13.0. The Balaban J connectivity index is 0.000000770. The maximum absolute atomic E-state index is 2.75. The molecule has 1 nitrogen and oxygen atoms in total. The highest BCUT2D eigenvalue weighted by Gasteiger charge is 2.22. The van der Waals surface area contributed by atoms with Gasteiger partial charge in [0.25, 0.3) is 0 Å². The first kappa shape index (κ1) is 17.0. The molecule has 1 aliphatic heterocycles. The summed E-state index contributed by atoms with van der Waals surface area (Å²) in [6.45, 7) is 14.0. The Morgan fingerprint density at radius 1 is 1.12 bits per heavy atom. The molecule has 0 radical (unpaired) electrons. The van der Waals surface area contributed by atoms with E-state index >= 15 is 0 Å². The highest BCUT2D eigenvalue weighted by Crippen LogP contribution is 2.22. The van der Waals surface area contributed by atoms with Gasteiger partial charge in [0.15, 0.2) is 0 Å². The molecular formula is C16H35N. The van der Waals surface area contributed by atoms with Gasteiger partial charge < -0.3 is 4.90 Å². The van der Waals surface area contributed by atoms with E-state index in [1.165, 1.54) is 58.0 Å². The number of hydrogen-bond donors (Lipinski definition) is 0. The van der Waals surface area contributed by atoms with Crippen LogP contribution in [0, 0.1) is 5.92 Å². The molecule has 0 aromatic carbocycles. The van der Waals surface area contributed by atoms with E-state index in [9.17, 15) is 0 Å². The SMILES string of the molecule is CCC.CCCC1CCCCN1CC(C)CC. The summed E-state index contributed by atoms with van der Waals surface area (Å²) in [7, 11) is 0. The Kier molecular flexibility index (Phi) is 11.0. The topological polar surface area (TPSA) is 3.24 Å². The lowest BCUT2D eigenvalue weighted by molar-refractivity contribution is 0.120. The van der Waals surface area contributed by atoms with E-state index in [-0.39, 0.29) is 0 Å². The summed E-state index contributed by atoms with van der Waals surface area (Å²) < 4.78 is 0. The number of hydrogen-bond acceptors (Lipinski definition) is 1. The second-order valence-corrected chi connectivity index (χ2v) is 5.65. The van der Waals surface area contributed by atoms with Crippen LogP contribution < -0.4 is 0 Å². The van der Waals surface area contributed by atoms with Gasteiger partial charge in [0.05, 0.1) is 0 Å². The Labute approximate surface area is 110 Å². The second-order valence-electron chi connectivity index (χ2n) is 5.65. The van der Waals surface area contributed by atoms with Crippen molar-refractivity contribution in [3.8, 4) is 0 Å².